The van der Waals surface area contributed by atoms with Crippen LogP contribution in [0, 0.1) is 18.8 Å². The molecule has 0 amide bonds. The zero-order valence-corrected chi connectivity index (χ0v) is 18.7. The van der Waals surface area contributed by atoms with Crippen molar-refractivity contribution in [3.63, 3.8) is 0 Å². The molecule has 1 aliphatic heterocycles. The van der Waals surface area contributed by atoms with Crippen molar-refractivity contribution in [2.24, 2.45) is 16.8 Å². The van der Waals surface area contributed by atoms with Gasteiger partial charge in [-0.05, 0) is 56.5 Å². The van der Waals surface area contributed by atoms with Crippen LogP contribution < -0.4 is 4.74 Å². The van der Waals surface area contributed by atoms with Gasteiger partial charge < -0.3 is 14.4 Å². The van der Waals surface area contributed by atoms with Gasteiger partial charge in [0.25, 0.3) is 6.02 Å². The van der Waals surface area contributed by atoms with Crippen molar-refractivity contribution in [2.45, 2.75) is 53.9 Å². The highest BCUT2D eigenvalue weighted by atomic mass is 35.5. The molecule has 7 heteroatoms. The fraction of sp³-hybridized carbons (Fsp3) is 0.667. The molecule has 1 aromatic heterocycles. The van der Waals surface area contributed by atoms with E-state index in [4.69, 9.17) is 26.1 Å². The molecular formula is C21H33ClN4O2. The molecule has 2 heterocycles. The van der Waals surface area contributed by atoms with Crippen LogP contribution >= 0.6 is 11.6 Å². The predicted octanol–water partition coefficient (Wildman–Crippen LogP) is 4.87. The van der Waals surface area contributed by atoms with Gasteiger partial charge in [0.1, 0.15) is 0 Å². The molecule has 0 bridgehead atoms. The molecule has 0 unspecified atom stereocenters. The molecule has 0 aliphatic carbocycles. The quantitative estimate of drug-likeness (QED) is 0.381. The van der Waals surface area contributed by atoms with E-state index < -0.39 is 0 Å². The maximum absolute atomic E-state index is 5.92. The number of aromatic nitrogens is 2. The van der Waals surface area contributed by atoms with Gasteiger partial charge in [-0.25, -0.2) is 15.0 Å². The van der Waals surface area contributed by atoms with E-state index in [0.717, 1.165) is 49.8 Å². The van der Waals surface area contributed by atoms with Gasteiger partial charge in [0.15, 0.2) is 5.75 Å². The molecule has 6 nitrogen and oxygen atoms in total. The Hall–Kier alpha value is -1.82. The van der Waals surface area contributed by atoms with Crippen LogP contribution in [0.2, 0.25) is 5.28 Å². The molecule has 0 aromatic carbocycles. The number of rotatable bonds is 6. The van der Waals surface area contributed by atoms with Gasteiger partial charge in [0.2, 0.25) is 5.28 Å². The third kappa shape index (κ3) is 6.09. The fourth-order valence-electron chi connectivity index (χ4n) is 3.31. The summed E-state index contributed by atoms with van der Waals surface area (Å²) in [6, 6.07) is 0.720. The van der Waals surface area contributed by atoms with Crippen molar-refractivity contribution >= 4 is 17.6 Å². The minimum Gasteiger partial charge on any atom is -0.490 e. The summed E-state index contributed by atoms with van der Waals surface area (Å²) in [5, 5.41) is 0.248. The van der Waals surface area contributed by atoms with Crippen LogP contribution in [0.1, 0.15) is 52.7 Å². The van der Waals surface area contributed by atoms with Gasteiger partial charge in [-0.3, -0.25) is 0 Å². The number of ether oxygens (including phenoxy) is 2. The number of nitrogens with zero attached hydrogens (tertiary/aromatic N) is 4. The predicted molar refractivity (Wildman–Crippen MR) is 114 cm³/mol. The SMILES string of the molecule is CC/C(C)=C(/N=C(OC)N1CCC(COc2cnc(Cl)nc2C)CC1)C(C)C. The zero-order chi connectivity index (χ0) is 20.7. The number of likely N-dealkylation sites (tertiary alicyclic amines) is 1. The highest BCUT2D eigenvalue weighted by Crippen LogP contribution is 2.23. The molecule has 1 saturated heterocycles. The van der Waals surface area contributed by atoms with Crippen LogP contribution in [0.15, 0.2) is 22.5 Å². The van der Waals surface area contributed by atoms with Crippen molar-refractivity contribution in [3.05, 3.63) is 28.4 Å². The lowest BCUT2D eigenvalue weighted by Crippen LogP contribution is -2.40. The monoisotopic (exact) mass is 408 g/mol. The van der Waals surface area contributed by atoms with Crippen molar-refractivity contribution in [1.82, 2.24) is 14.9 Å². The summed E-state index contributed by atoms with van der Waals surface area (Å²) < 4.78 is 11.6. The van der Waals surface area contributed by atoms with E-state index in [1.807, 2.05) is 6.92 Å². The van der Waals surface area contributed by atoms with Crippen LogP contribution in [0.3, 0.4) is 0 Å². The summed E-state index contributed by atoms with van der Waals surface area (Å²) >= 11 is 5.80. The fourth-order valence-corrected chi connectivity index (χ4v) is 3.49. The molecule has 28 heavy (non-hydrogen) atoms. The standard InChI is InChI=1S/C21H33ClN4O2/c1-7-15(4)19(14(2)3)25-21(27-6)26-10-8-17(9-11-26)13-28-18-12-23-20(22)24-16(18)5/h12,14,17H,7-11,13H2,1-6H3/b19-15+,25-21?. The van der Waals surface area contributed by atoms with Gasteiger partial charge in [0.05, 0.1) is 25.6 Å². The number of allylic oxidation sites excluding steroid dienone is 2. The highest BCUT2D eigenvalue weighted by Gasteiger charge is 2.24. The number of halogens is 1. The Labute approximate surface area is 174 Å². The number of aliphatic imine (C=N–C) groups is 1. The summed E-state index contributed by atoms with van der Waals surface area (Å²) in [6.07, 6.45) is 4.71. The van der Waals surface area contributed by atoms with Crippen molar-refractivity contribution in [1.29, 1.82) is 0 Å². The number of methoxy groups -OCH3 is 1. The molecule has 1 aliphatic rings. The highest BCUT2D eigenvalue weighted by molar-refractivity contribution is 6.28. The Morgan fingerprint density at radius 3 is 2.57 bits per heavy atom. The summed E-state index contributed by atoms with van der Waals surface area (Å²) in [5.74, 6) is 1.57. The maximum Gasteiger partial charge on any atom is 0.291 e. The lowest BCUT2D eigenvalue weighted by Gasteiger charge is -2.33. The Balaban J connectivity index is 1.95. The number of aryl methyl sites for hydroxylation is 1. The van der Waals surface area contributed by atoms with E-state index >= 15 is 0 Å². The largest absolute Gasteiger partial charge is 0.490 e. The Bertz CT molecular complexity index is 710. The van der Waals surface area contributed by atoms with Crippen LogP contribution in [-0.2, 0) is 4.74 Å². The summed E-state index contributed by atoms with van der Waals surface area (Å²) in [7, 11) is 1.70. The van der Waals surface area contributed by atoms with Crippen LogP contribution in [0.5, 0.6) is 5.75 Å². The second-order valence-electron chi connectivity index (χ2n) is 7.60. The normalized spacial score (nSPS) is 17.0. The number of amidine groups is 1. The lowest BCUT2D eigenvalue weighted by atomic mass is 9.98. The lowest BCUT2D eigenvalue weighted by molar-refractivity contribution is 0.162. The van der Waals surface area contributed by atoms with E-state index in [0.29, 0.717) is 24.2 Å². The summed E-state index contributed by atoms with van der Waals surface area (Å²) in [6.45, 7) is 13.0. The van der Waals surface area contributed by atoms with Gasteiger partial charge in [0, 0.05) is 18.8 Å². The molecule has 1 fully saturated rings. The topological polar surface area (TPSA) is 59.8 Å². The minimum absolute atomic E-state index is 0.248. The molecule has 0 radical (unpaired) electrons. The van der Waals surface area contributed by atoms with Crippen LogP contribution in [-0.4, -0.2) is 47.7 Å². The minimum atomic E-state index is 0.248. The molecule has 0 N–H and O–H groups in total. The molecule has 0 spiro atoms. The molecular weight excluding hydrogens is 376 g/mol. The third-order valence-electron chi connectivity index (χ3n) is 5.18. The van der Waals surface area contributed by atoms with Gasteiger partial charge in [-0.1, -0.05) is 26.3 Å². The van der Waals surface area contributed by atoms with E-state index in [1.165, 1.54) is 5.57 Å². The number of hydrogen-bond donors (Lipinski definition) is 0. The van der Waals surface area contributed by atoms with Crippen molar-refractivity contribution in [3.8, 4) is 5.75 Å². The Morgan fingerprint density at radius 1 is 1.36 bits per heavy atom. The first kappa shape index (κ1) is 22.5. The van der Waals surface area contributed by atoms with E-state index in [9.17, 15) is 0 Å². The van der Waals surface area contributed by atoms with E-state index in [1.54, 1.807) is 13.3 Å². The molecule has 1 aromatic rings. The number of hydrogen-bond acceptors (Lipinski definition) is 5. The summed E-state index contributed by atoms with van der Waals surface area (Å²) in [5.41, 5.74) is 3.21. The van der Waals surface area contributed by atoms with Crippen LogP contribution in [0.4, 0.5) is 0 Å². The van der Waals surface area contributed by atoms with Crippen molar-refractivity contribution in [2.75, 3.05) is 26.8 Å². The smallest absolute Gasteiger partial charge is 0.291 e. The molecule has 0 atom stereocenters. The average Bonchev–Trinajstić information content (AvgIpc) is 2.68. The molecule has 156 valence electrons. The van der Waals surface area contributed by atoms with Gasteiger partial charge >= 0.3 is 0 Å². The third-order valence-corrected chi connectivity index (χ3v) is 5.36. The van der Waals surface area contributed by atoms with Crippen molar-refractivity contribution < 1.29 is 9.47 Å². The second kappa shape index (κ2) is 10.6. The zero-order valence-electron chi connectivity index (χ0n) is 18.0. The first-order chi connectivity index (χ1) is 13.3. The van der Waals surface area contributed by atoms with Gasteiger partial charge in [-0.2, -0.15) is 0 Å². The maximum atomic E-state index is 5.92. The van der Waals surface area contributed by atoms with Crippen LogP contribution in [0.25, 0.3) is 0 Å². The second-order valence-corrected chi connectivity index (χ2v) is 7.94. The molecule has 2 rings (SSSR count). The summed E-state index contributed by atoms with van der Waals surface area (Å²) in [4.78, 5) is 15.2. The Kier molecular flexibility index (Phi) is 8.55. The average molecular weight is 409 g/mol. The Morgan fingerprint density at radius 2 is 2.04 bits per heavy atom. The first-order valence-electron chi connectivity index (χ1n) is 10.0. The van der Waals surface area contributed by atoms with E-state index in [2.05, 4.69) is 42.6 Å². The van der Waals surface area contributed by atoms with E-state index in [-0.39, 0.29) is 5.28 Å². The molecule has 0 saturated carbocycles. The number of piperidine rings is 1. The first-order valence-corrected chi connectivity index (χ1v) is 10.4. The van der Waals surface area contributed by atoms with Gasteiger partial charge in [-0.15, -0.1) is 0 Å².